The first-order valence-corrected chi connectivity index (χ1v) is 6.54. The summed E-state index contributed by atoms with van der Waals surface area (Å²) in [6.45, 7) is 0.890. The van der Waals surface area contributed by atoms with E-state index >= 15 is 0 Å². The van der Waals surface area contributed by atoms with Crippen LogP contribution in [-0.2, 0) is 0 Å². The van der Waals surface area contributed by atoms with Crippen molar-refractivity contribution in [2.45, 2.75) is 19.0 Å². The lowest BCUT2D eigenvalue weighted by atomic mass is 10.2. The van der Waals surface area contributed by atoms with Crippen molar-refractivity contribution in [2.75, 3.05) is 6.54 Å². The number of fused-ring (bicyclic) bond motifs is 1. The fourth-order valence-corrected chi connectivity index (χ4v) is 2.81. The zero-order valence-corrected chi connectivity index (χ0v) is 11.0. The van der Waals surface area contributed by atoms with Gasteiger partial charge in [-0.05, 0) is 43.1 Å². The van der Waals surface area contributed by atoms with E-state index in [1.165, 1.54) is 4.57 Å². The maximum absolute atomic E-state index is 12.4. The molecule has 6 heteroatoms. The Morgan fingerprint density at radius 1 is 1.39 bits per heavy atom. The molecular formula is C12H11Cl2N3O. The Balaban J connectivity index is 2.30. The summed E-state index contributed by atoms with van der Waals surface area (Å²) in [4.78, 5) is 16.7. The lowest BCUT2D eigenvalue weighted by Gasteiger charge is -2.16. The van der Waals surface area contributed by atoms with E-state index in [1.807, 2.05) is 0 Å². The zero-order chi connectivity index (χ0) is 12.7. The van der Waals surface area contributed by atoms with Gasteiger partial charge in [0.05, 0.1) is 22.1 Å². The van der Waals surface area contributed by atoms with Gasteiger partial charge in [-0.15, -0.1) is 0 Å². The molecule has 0 aliphatic carbocycles. The smallest absolute Gasteiger partial charge is 0.263 e. The highest BCUT2D eigenvalue weighted by Gasteiger charge is 2.21. The molecule has 3 rings (SSSR count). The predicted molar refractivity (Wildman–Crippen MR) is 72.3 cm³/mol. The molecule has 1 fully saturated rings. The van der Waals surface area contributed by atoms with Crippen LogP contribution in [0, 0.1) is 0 Å². The largest absolute Gasteiger partial charge is 0.297 e. The van der Waals surface area contributed by atoms with E-state index in [2.05, 4.69) is 10.3 Å². The number of hydrogen-bond acceptors (Lipinski definition) is 3. The summed E-state index contributed by atoms with van der Waals surface area (Å²) in [5, 5.41) is 4.36. The van der Waals surface area contributed by atoms with Gasteiger partial charge in [-0.2, -0.15) is 0 Å². The van der Waals surface area contributed by atoms with Crippen LogP contribution in [0.15, 0.2) is 23.0 Å². The molecule has 0 amide bonds. The van der Waals surface area contributed by atoms with Gasteiger partial charge in [-0.25, -0.2) is 4.98 Å². The number of nitrogens with zero attached hydrogens (tertiary/aromatic N) is 2. The van der Waals surface area contributed by atoms with Crippen LogP contribution in [0.25, 0.3) is 10.9 Å². The Bertz CT molecular complexity index is 662. The van der Waals surface area contributed by atoms with Gasteiger partial charge in [-0.1, -0.05) is 17.7 Å². The summed E-state index contributed by atoms with van der Waals surface area (Å²) in [5.74, 6) is 0. The third-order valence-corrected chi connectivity index (χ3v) is 3.76. The lowest BCUT2D eigenvalue weighted by Crippen LogP contribution is -2.31. The molecule has 0 saturated carbocycles. The van der Waals surface area contributed by atoms with Gasteiger partial charge in [0.2, 0.25) is 5.28 Å². The van der Waals surface area contributed by atoms with E-state index in [9.17, 15) is 4.79 Å². The molecule has 4 nitrogen and oxygen atoms in total. The van der Waals surface area contributed by atoms with Crippen molar-refractivity contribution in [3.63, 3.8) is 0 Å². The highest BCUT2D eigenvalue weighted by atomic mass is 35.5. The van der Waals surface area contributed by atoms with Crippen LogP contribution in [0.2, 0.25) is 10.3 Å². The monoisotopic (exact) mass is 283 g/mol. The number of para-hydroxylation sites is 1. The van der Waals surface area contributed by atoms with Gasteiger partial charge in [-0.3, -0.25) is 14.7 Å². The highest BCUT2D eigenvalue weighted by Crippen LogP contribution is 2.24. The summed E-state index contributed by atoms with van der Waals surface area (Å²) >= 11 is 12.1. The van der Waals surface area contributed by atoms with Crippen LogP contribution < -0.4 is 10.9 Å². The van der Waals surface area contributed by atoms with E-state index in [1.54, 1.807) is 18.2 Å². The SMILES string of the molecule is O=c1c2cccc(Cl)c2nc(Cl)n1C1CCCN1. The van der Waals surface area contributed by atoms with E-state index in [0.717, 1.165) is 19.4 Å². The van der Waals surface area contributed by atoms with Crippen LogP contribution in [0.1, 0.15) is 19.0 Å². The minimum atomic E-state index is -0.146. The molecule has 1 aliphatic heterocycles. The van der Waals surface area contributed by atoms with Gasteiger partial charge < -0.3 is 0 Å². The number of nitrogens with one attached hydrogen (secondary N) is 1. The second-order valence-electron chi connectivity index (χ2n) is 4.30. The van der Waals surface area contributed by atoms with E-state index in [4.69, 9.17) is 23.2 Å². The molecule has 1 atom stereocenters. The van der Waals surface area contributed by atoms with Crippen LogP contribution in [-0.4, -0.2) is 16.1 Å². The molecule has 1 N–H and O–H groups in total. The first kappa shape index (κ1) is 12.0. The Morgan fingerprint density at radius 3 is 2.94 bits per heavy atom. The summed E-state index contributed by atoms with van der Waals surface area (Å²) in [6.07, 6.45) is 1.84. The quantitative estimate of drug-likeness (QED) is 0.819. The molecule has 0 bridgehead atoms. The van der Waals surface area contributed by atoms with Gasteiger partial charge in [0.1, 0.15) is 0 Å². The zero-order valence-electron chi connectivity index (χ0n) is 9.49. The Hall–Kier alpha value is -1.10. The van der Waals surface area contributed by atoms with Gasteiger partial charge in [0, 0.05) is 0 Å². The Morgan fingerprint density at radius 2 is 2.22 bits per heavy atom. The average molecular weight is 284 g/mol. The molecule has 1 aliphatic rings. The van der Waals surface area contributed by atoms with Crippen LogP contribution in [0.3, 0.4) is 0 Å². The molecule has 1 unspecified atom stereocenters. The van der Waals surface area contributed by atoms with E-state index < -0.39 is 0 Å². The maximum Gasteiger partial charge on any atom is 0.263 e. The molecule has 0 spiro atoms. The molecule has 2 heterocycles. The maximum atomic E-state index is 12.4. The lowest BCUT2D eigenvalue weighted by molar-refractivity contribution is 0.453. The van der Waals surface area contributed by atoms with Crippen LogP contribution >= 0.6 is 23.2 Å². The first-order chi connectivity index (χ1) is 8.68. The summed E-state index contributed by atoms with van der Waals surface area (Å²) in [5.41, 5.74) is 0.315. The molecule has 0 radical (unpaired) electrons. The summed E-state index contributed by atoms with van der Waals surface area (Å²) in [7, 11) is 0. The van der Waals surface area contributed by atoms with Crippen molar-refractivity contribution in [3.05, 3.63) is 38.9 Å². The van der Waals surface area contributed by atoms with Crippen molar-refractivity contribution in [1.82, 2.24) is 14.9 Å². The van der Waals surface area contributed by atoms with Crippen molar-refractivity contribution < 1.29 is 0 Å². The van der Waals surface area contributed by atoms with Crippen LogP contribution in [0.4, 0.5) is 0 Å². The van der Waals surface area contributed by atoms with E-state index in [-0.39, 0.29) is 17.0 Å². The number of rotatable bonds is 1. The molecule has 94 valence electrons. The number of hydrogen-bond donors (Lipinski definition) is 1. The minimum Gasteiger partial charge on any atom is -0.297 e. The normalized spacial score (nSPS) is 19.6. The third-order valence-electron chi connectivity index (χ3n) is 3.18. The Labute approximate surface area is 114 Å². The van der Waals surface area contributed by atoms with Crippen molar-refractivity contribution in [3.8, 4) is 0 Å². The minimum absolute atomic E-state index is 0.0686. The van der Waals surface area contributed by atoms with Crippen molar-refractivity contribution in [1.29, 1.82) is 0 Å². The molecular weight excluding hydrogens is 273 g/mol. The van der Waals surface area contributed by atoms with Gasteiger partial charge in [0.15, 0.2) is 0 Å². The number of aromatic nitrogens is 2. The fourth-order valence-electron chi connectivity index (χ4n) is 2.32. The summed E-state index contributed by atoms with van der Waals surface area (Å²) in [6, 6.07) is 5.16. The molecule has 1 aromatic heterocycles. The second-order valence-corrected chi connectivity index (χ2v) is 5.05. The number of benzene rings is 1. The molecule has 18 heavy (non-hydrogen) atoms. The highest BCUT2D eigenvalue weighted by molar-refractivity contribution is 6.35. The summed E-state index contributed by atoms with van der Waals surface area (Å²) < 4.78 is 1.51. The second kappa shape index (κ2) is 4.53. The molecule has 1 saturated heterocycles. The van der Waals surface area contributed by atoms with Crippen LogP contribution in [0.5, 0.6) is 0 Å². The fraction of sp³-hybridized carbons (Fsp3) is 0.333. The number of halogens is 2. The third kappa shape index (κ3) is 1.81. The van der Waals surface area contributed by atoms with Gasteiger partial charge >= 0.3 is 0 Å². The van der Waals surface area contributed by atoms with E-state index in [0.29, 0.717) is 15.9 Å². The predicted octanol–water partition coefficient (Wildman–Crippen LogP) is 2.59. The molecule has 2 aromatic rings. The van der Waals surface area contributed by atoms with Crippen molar-refractivity contribution >= 4 is 34.1 Å². The topological polar surface area (TPSA) is 46.9 Å². The first-order valence-electron chi connectivity index (χ1n) is 5.78. The standard InChI is InChI=1S/C12H11Cl2N3O/c13-8-4-1-3-7-10(8)16-12(14)17(11(7)18)9-5-2-6-15-9/h1,3-4,9,15H,2,5-6H2. The van der Waals surface area contributed by atoms with Gasteiger partial charge in [0.25, 0.3) is 5.56 Å². The van der Waals surface area contributed by atoms with Crippen molar-refractivity contribution in [2.24, 2.45) is 0 Å². The molecule has 1 aromatic carbocycles. The average Bonchev–Trinajstić information content (AvgIpc) is 2.84. The Kier molecular flexibility index (Phi) is 3.01.